The molecule has 1 rings (SSSR count). The third kappa shape index (κ3) is 2.46. The van der Waals surface area contributed by atoms with Gasteiger partial charge in [-0.15, -0.1) is 0 Å². The lowest BCUT2D eigenvalue weighted by Crippen LogP contribution is -2.53. The van der Waals surface area contributed by atoms with Gasteiger partial charge in [-0.3, -0.25) is 0 Å². The SMILES string of the molecule is COc1ccc(C(O)(C(F)(F)F)C(F)(F)F)cc1F. The molecule has 0 heterocycles. The zero-order chi connectivity index (χ0) is 15.1. The molecule has 0 aliphatic carbocycles. The van der Waals surface area contributed by atoms with Gasteiger partial charge in [0.05, 0.1) is 7.11 Å². The van der Waals surface area contributed by atoms with Gasteiger partial charge in [0.15, 0.2) is 11.6 Å². The predicted molar refractivity (Wildman–Crippen MR) is 49.0 cm³/mol. The first-order chi connectivity index (χ1) is 8.45. The van der Waals surface area contributed by atoms with Crippen LogP contribution in [0.1, 0.15) is 5.56 Å². The van der Waals surface area contributed by atoms with Crippen LogP contribution >= 0.6 is 0 Å². The van der Waals surface area contributed by atoms with Gasteiger partial charge in [-0.25, -0.2) is 4.39 Å². The maximum absolute atomic E-state index is 13.2. The molecular weight excluding hydrogens is 285 g/mol. The molecule has 19 heavy (non-hydrogen) atoms. The molecule has 1 aromatic carbocycles. The molecule has 108 valence electrons. The summed E-state index contributed by atoms with van der Waals surface area (Å²) >= 11 is 0. The number of rotatable bonds is 2. The van der Waals surface area contributed by atoms with Crippen molar-refractivity contribution in [3.8, 4) is 5.75 Å². The average molecular weight is 292 g/mol. The average Bonchev–Trinajstić information content (AvgIpc) is 2.24. The number of aliphatic hydroxyl groups is 1. The van der Waals surface area contributed by atoms with Crippen molar-refractivity contribution in [2.24, 2.45) is 0 Å². The van der Waals surface area contributed by atoms with Crippen LogP contribution in [0, 0.1) is 5.82 Å². The Bertz CT molecular complexity index is 450. The monoisotopic (exact) mass is 292 g/mol. The van der Waals surface area contributed by atoms with Crippen LogP contribution in [0.2, 0.25) is 0 Å². The van der Waals surface area contributed by atoms with E-state index in [2.05, 4.69) is 4.74 Å². The number of hydrogen-bond donors (Lipinski definition) is 1. The Labute approximate surface area is 102 Å². The number of halogens is 7. The van der Waals surface area contributed by atoms with Gasteiger partial charge in [0.1, 0.15) is 0 Å². The van der Waals surface area contributed by atoms with E-state index in [1.807, 2.05) is 0 Å². The summed E-state index contributed by atoms with van der Waals surface area (Å²) in [6.45, 7) is 0. The summed E-state index contributed by atoms with van der Waals surface area (Å²) in [6.07, 6.45) is -12.1. The Morgan fingerprint density at radius 1 is 1.00 bits per heavy atom. The van der Waals surface area contributed by atoms with E-state index in [0.29, 0.717) is 12.1 Å². The van der Waals surface area contributed by atoms with Gasteiger partial charge in [0.25, 0.3) is 5.60 Å². The predicted octanol–water partition coefficient (Wildman–Crippen LogP) is 3.15. The topological polar surface area (TPSA) is 29.5 Å². The van der Waals surface area contributed by atoms with Gasteiger partial charge >= 0.3 is 12.4 Å². The van der Waals surface area contributed by atoms with Crippen LogP contribution in [0.5, 0.6) is 5.75 Å². The number of ether oxygens (including phenoxy) is 1. The summed E-state index contributed by atoms with van der Waals surface area (Å²) in [7, 11) is 0.984. The number of methoxy groups -OCH3 is 1. The fourth-order valence-electron chi connectivity index (χ4n) is 1.38. The summed E-state index contributed by atoms with van der Waals surface area (Å²) in [5, 5.41) is 8.99. The highest BCUT2D eigenvalue weighted by molar-refractivity contribution is 5.34. The van der Waals surface area contributed by atoms with Gasteiger partial charge in [-0.05, 0) is 12.1 Å². The summed E-state index contributed by atoms with van der Waals surface area (Å²) in [6, 6.07) is 0.788. The van der Waals surface area contributed by atoms with Gasteiger partial charge in [0, 0.05) is 5.56 Å². The molecule has 0 atom stereocenters. The first-order valence-corrected chi connectivity index (χ1v) is 4.65. The lowest BCUT2D eigenvalue weighted by molar-refractivity contribution is -0.376. The second kappa shape index (κ2) is 4.55. The molecule has 0 spiro atoms. The Morgan fingerprint density at radius 3 is 1.79 bits per heavy atom. The smallest absolute Gasteiger partial charge is 0.430 e. The Hall–Kier alpha value is -1.51. The summed E-state index contributed by atoms with van der Waals surface area (Å²) in [5.74, 6) is -2.00. The van der Waals surface area contributed by atoms with Crippen LogP contribution in [0.25, 0.3) is 0 Å². The third-order valence-electron chi connectivity index (χ3n) is 2.39. The first kappa shape index (κ1) is 15.5. The highest BCUT2D eigenvalue weighted by atomic mass is 19.4. The van der Waals surface area contributed by atoms with E-state index in [9.17, 15) is 30.7 Å². The van der Waals surface area contributed by atoms with Crippen LogP contribution in [0.4, 0.5) is 30.7 Å². The molecule has 0 radical (unpaired) electrons. The zero-order valence-electron chi connectivity index (χ0n) is 9.23. The van der Waals surface area contributed by atoms with E-state index in [1.54, 1.807) is 0 Å². The molecule has 0 bridgehead atoms. The lowest BCUT2D eigenvalue weighted by Gasteiger charge is -2.32. The molecule has 0 unspecified atom stereocenters. The van der Waals surface area contributed by atoms with Gasteiger partial charge in [-0.2, -0.15) is 26.3 Å². The van der Waals surface area contributed by atoms with E-state index >= 15 is 0 Å². The largest absolute Gasteiger partial charge is 0.494 e. The second-order valence-electron chi connectivity index (χ2n) is 3.56. The minimum atomic E-state index is -6.05. The second-order valence-corrected chi connectivity index (χ2v) is 3.56. The number of alkyl halides is 6. The van der Waals surface area contributed by atoms with Crippen LogP contribution in [0.15, 0.2) is 18.2 Å². The Kier molecular flexibility index (Phi) is 3.72. The highest BCUT2D eigenvalue weighted by Crippen LogP contribution is 2.50. The minimum absolute atomic E-state index is 0.0696. The van der Waals surface area contributed by atoms with Crippen molar-refractivity contribution in [3.63, 3.8) is 0 Å². The van der Waals surface area contributed by atoms with E-state index in [-0.39, 0.29) is 6.07 Å². The van der Waals surface area contributed by atoms with Gasteiger partial charge in [-0.1, -0.05) is 6.07 Å². The van der Waals surface area contributed by atoms with Crippen molar-refractivity contribution >= 4 is 0 Å². The van der Waals surface area contributed by atoms with E-state index in [1.165, 1.54) is 0 Å². The van der Waals surface area contributed by atoms with Crippen molar-refractivity contribution < 1.29 is 40.6 Å². The summed E-state index contributed by atoms with van der Waals surface area (Å²) in [4.78, 5) is 0. The maximum Gasteiger partial charge on any atom is 0.430 e. The van der Waals surface area contributed by atoms with E-state index in [4.69, 9.17) is 5.11 Å². The van der Waals surface area contributed by atoms with E-state index in [0.717, 1.165) is 7.11 Å². The fraction of sp³-hybridized carbons (Fsp3) is 0.400. The molecule has 2 nitrogen and oxygen atoms in total. The number of hydrogen-bond acceptors (Lipinski definition) is 2. The van der Waals surface area contributed by atoms with Crippen LogP contribution < -0.4 is 4.74 Å². The molecule has 9 heteroatoms. The Balaban J connectivity index is 3.48. The summed E-state index contributed by atoms with van der Waals surface area (Å²) < 4.78 is 92.4. The highest BCUT2D eigenvalue weighted by Gasteiger charge is 2.71. The van der Waals surface area contributed by atoms with Gasteiger partial charge < -0.3 is 9.84 Å². The van der Waals surface area contributed by atoms with Crippen LogP contribution in [-0.2, 0) is 5.60 Å². The molecular formula is C10H7F7O2. The van der Waals surface area contributed by atoms with Crippen molar-refractivity contribution in [3.05, 3.63) is 29.6 Å². The third-order valence-corrected chi connectivity index (χ3v) is 2.39. The van der Waals surface area contributed by atoms with Gasteiger partial charge in [0.2, 0.25) is 0 Å². The molecule has 0 amide bonds. The molecule has 1 aromatic rings. The molecule has 0 aromatic heterocycles. The normalized spacial score (nSPS) is 13.5. The number of benzene rings is 1. The van der Waals surface area contributed by atoms with Crippen LogP contribution in [0.3, 0.4) is 0 Å². The fourth-order valence-corrected chi connectivity index (χ4v) is 1.38. The van der Waals surface area contributed by atoms with E-state index < -0.39 is 35.1 Å². The molecule has 1 N–H and O–H groups in total. The van der Waals surface area contributed by atoms with Crippen molar-refractivity contribution in [2.75, 3.05) is 7.11 Å². The zero-order valence-corrected chi connectivity index (χ0v) is 9.23. The van der Waals surface area contributed by atoms with Crippen molar-refractivity contribution in [1.29, 1.82) is 0 Å². The van der Waals surface area contributed by atoms with Crippen LogP contribution in [-0.4, -0.2) is 24.6 Å². The standard InChI is InChI=1S/C10H7F7O2/c1-19-7-3-2-5(4-6(7)11)8(18,9(12,13)14)10(15,16)17/h2-4,18H,1H3. The quantitative estimate of drug-likeness (QED) is 0.849. The van der Waals surface area contributed by atoms with Crippen molar-refractivity contribution in [2.45, 2.75) is 18.0 Å². The lowest BCUT2D eigenvalue weighted by atomic mass is 9.92. The molecule has 0 fully saturated rings. The first-order valence-electron chi connectivity index (χ1n) is 4.65. The Morgan fingerprint density at radius 2 is 1.47 bits per heavy atom. The minimum Gasteiger partial charge on any atom is -0.494 e. The molecule has 0 saturated carbocycles. The summed E-state index contributed by atoms with van der Waals surface area (Å²) in [5.41, 5.74) is -6.82. The molecule has 0 aliphatic heterocycles. The maximum atomic E-state index is 13.2. The van der Waals surface area contributed by atoms with Crippen molar-refractivity contribution in [1.82, 2.24) is 0 Å². The molecule has 0 saturated heterocycles. The molecule has 0 aliphatic rings.